The molecule has 2 aromatic carbocycles. The van der Waals surface area contributed by atoms with Crippen LogP contribution >= 0.6 is 23.2 Å². The minimum atomic E-state index is -0.154. The molecule has 0 aromatic heterocycles. The lowest BCUT2D eigenvalue weighted by atomic mass is 10.2. The Morgan fingerprint density at radius 1 is 0.595 bits per heavy atom. The highest BCUT2D eigenvalue weighted by Gasteiger charge is 2.27. The third kappa shape index (κ3) is 7.77. The molecule has 2 aromatic rings. The SMILES string of the molecule is CN1CCN(C2=N/C(=C\c3ccc(Cl)cc3)C(=O)N2)CC1.CN1CCN(C2=N/C(=C\c3ccc(Cl)cc3)C(=O)N2)CC1. The number of carbonyl (C=O) groups excluding carboxylic acids is 2. The van der Waals surface area contributed by atoms with Crippen molar-refractivity contribution in [3.8, 4) is 0 Å². The Kier molecular flexibility index (Phi) is 9.58. The van der Waals surface area contributed by atoms with Gasteiger partial charge in [-0.3, -0.25) is 20.2 Å². The van der Waals surface area contributed by atoms with Crippen LogP contribution in [0.15, 0.2) is 69.9 Å². The van der Waals surface area contributed by atoms with Gasteiger partial charge in [-0.05, 0) is 61.6 Å². The molecule has 0 radical (unpaired) electrons. The molecule has 0 saturated carbocycles. The van der Waals surface area contributed by atoms with E-state index in [1.165, 1.54) is 0 Å². The van der Waals surface area contributed by atoms with Gasteiger partial charge in [-0.15, -0.1) is 0 Å². The van der Waals surface area contributed by atoms with Crippen LogP contribution in [0.3, 0.4) is 0 Å². The van der Waals surface area contributed by atoms with Crippen molar-refractivity contribution in [2.45, 2.75) is 0 Å². The molecule has 4 aliphatic heterocycles. The molecule has 220 valence electrons. The quantitative estimate of drug-likeness (QED) is 0.509. The molecule has 2 saturated heterocycles. The van der Waals surface area contributed by atoms with Crippen molar-refractivity contribution in [1.82, 2.24) is 30.2 Å². The van der Waals surface area contributed by atoms with Gasteiger partial charge in [0.2, 0.25) is 11.9 Å². The number of benzene rings is 2. The number of aliphatic imine (C=N–C) groups is 2. The molecular formula is C30H34Cl2N8O2. The summed E-state index contributed by atoms with van der Waals surface area (Å²) >= 11 is 11.7. The summed E-state index contributed by atoms with van der Waals surface area (Å²) in [7, 11) is 4.19. The van der Waals surface area contributed by atoms with Crippen molar-refractivity contribution in [3.63, 3.8) is 0 Å². The Morgan fingerprint density at radius 3 is 1.26 bits per heavy atom. The maximum Gasteiger partial charge on any atom is 0.276 e. The molecule has 0 aliphatic carbocycles. The highest BCUT2D eigenvalue weighted by molar-refractivity contribution is 6.30. The zero-order valence-corrected chi connectivity index (χ0v) is 25.2. The fourth-order valence-corrected chi connectivity index (χ4v) is 4.93. The lowest BCUT2D eigenvalue weighted by molar-refractivity contribution is -0.116. The largest absolute Gasteiger partial charge is 0.340 e. The molecule has 2 amide bonds. The predicted molar refractivity (Wildman–Crippen MR) is 168 cm³/mol. The van der Waals surface area contributed by atoms with Crippen molar-refractivity contribution in [2.75, 3.05) is 66.5 Å². The van der Waals surface area contributed by atoms with Gasteiger partial charge >= 0.3 is 0 Å². The van der Waals surface area contributed by atoms with E-state index in [0.717, 1.165) is 63.5 Å². The number of nitrogens with zero attached hydrogens (tertiary/aromatic N) is 6. The van der Waals surface area contributed by atoms with Crippen LogP contribution in [0.1, 0.15) is 11.1 Å². The highest BCUT2D eigenvalue weighted by Crippen LogP contribution is 2.18. The van der Waals surface area contributed by atoms with Gasteiger partial charge in [0.25, 0.3) is 11.8 Å². The molecule has 6 rings (SSSR count). The normalized spacial score (nSPS) is 21.6. The number of hydrogen-bond donors (Lipinski definition) is 2. The van der Waals surface area contributed by atoms with Crippen LogP contribution in [0.2, 0.25) is 10.0 Å². The molecule has 2 fully saturated rings. The van der Waals surface area contributed by atoms with E-state index in [1.807, 2.05) is 24.3 Å². The second-order valence-electron chi connectivity index (χ2n) is 10.5. The van der Waals surface area contributed by atoms with E-state index in [0.29, 0.717) is 33.4 Å². The van der Waals surface area contributed by atoms with E-state index in [9.17, 15) is 9.59 Å². The van der Waals surface area contributed by atoms with Crippen LogP contribution in [0.5, 0.6) is 0 Å². The Labute approximate surface area is 256 Å². The Balaban J connectivity index is 0.000000168. The van der Waals surface area contributed by atoms with E-state index < -0.39 is 0 Å². The average molecular weight is 610 g/mol. The van der Waals surface area contributed by atoms with Crippen molar-refractivity contribution in [2.24, 2.45) is 9.98 Å². The molecule has 0 spiro atoms. The Hall–Kier alpha value is -3.70. The van der Waals surface area contributed by atoms with Crippen LogP contribution < -0.4 is 10.6 Å². The minimum absolute atomic E-state index is 0.154. The number of piperazine rings is 2. The van der Waals surface area contributed by atoms with Gasteiger partial charge in [0.05, 0.1) is 0 Å². The van der Waals surface area contributed by atoms with E-state index in [1.54, 1.807) is 36.4 Å². The molecule has 4 aliphatic rings. The minimum Gasteiger partial charge on any atom is -0.340 e. The zero-order chi connectivity index (χ0) is 29.6. The van der Waals surface area contributed by atoms with Crippen molar-refractivity contribution in [1.29, 1.82) is 0 Å². The topological polar surface area (TPSA) is 95.9 Å². The van der Waals surface area contributed by atoms with Gasteiger partial charge in [0.15, 0.2) is 0 Å². The summed E-state index contributed by atoms with van der Waals surface area (Å²) in [6.45, 7) is 7.42. The predicted octanol–water partition coefficient (Wildman–Crippen LogP) is 2.83. The molecule has 42 heavy (non-hydrogen) atoms. The Morgan fingerprint density at radius 2 is 0.929 bits per heavy atom. The van der Waals surface area contributed by atoms with E-state index >= 15 is 0 Å². The fourth-order valence-electron chi connectivity index (χ4n) is 4.68. The standard InChI is InChI=1S/2C15H17ClN4O/c2*1-19-6-8-20(9-7-19)15-17-13(14(21)18-15)10-11-2-4-12(16)5-3-11/h2*2-5,10H,6-9H2,1H3,(H,17,18,21)/b2*13-10-. The smallest absolute Gasteiger partial charge is 0.276 e. The van der Waals surface area contributed by atoms with Crippen molar-refractivity contribution >= 4 is 59.1 Å². The summed E-state index contributed by atoms with van der Waals surface area (Å²) in [6.07, 6.45) is 3.55. The van der Waals surface area contributed by atoms with Crippen LogP contribution in [-0.2, 0) is 9.59 Å². The first-order valence-corrected chi connectivity index (χ1v) is 14.6. The highest BCUT2D eigenvalue weighted by atomic mass is 35.5. The maximum absolute atomic E-state index is 12.0. The maximum atomic E-state index is 12.0. The molecular weight excluding hydrogens is 575 g/mol. The summed E-state index contributed by atoms with van der Waals surface area (Å²) in [5.74, 6) is 1.01. The van der Waals surface area contributed by atoms with Gasteiger partial charge in [-0.25, -0.2) is 9.98 Å². The van der Waals surface area contributed by atoms with Gasteiger partial charge in [-0.1, -0.05) is 47.5 Å². The van der Waals surface area contributed by atoms with Crippen molar-refractivity contribution < 1.29 is 9.59 Å². The first-order chi connectivity index (χ1) is 20.2. The third-order valence-electron chi connectivity index (χ3n) is 7.32. The fraction of sp³-hybridized carbons (Fsp3) is 0.333. The van der Waals surface area contributed by atoms with Gasteiger partial charge in [0.1, 0.15) is 11.4 Å². The van der Waals surface area contributed by atoms with Crippen LogP contribution in [0, 0.1) is 0 Å². The molecule has 4 heterocycles. The lowest BCUT2D eigenvalue weighted by Gasteiger charge is -2.33. The summed E-state index contributed by atoms with van der Waals surface area (Å²) in [6, 6.07) is 14.7. The first kappa shape index (κ1) is 29.8. The van der Waals surface area contributed by atoms with Crippen LogP contribution in [0.25, 0.3) is 12.2 Å². The summed E-state index contributed by atoms with van der Waals surface area (Å²) in [5.41, 5.74) is 2.69. The average Bonchev–Trinajstić information content (AvgIpc) is 3.54. The summed E-state index contributed by atoms with van der Waals surface area (Å²) < 4.78 is 0. The number of likely N-dealkylation sites (N-methyl/N-ethyl adjacent to an activating group) is 2. The van der Waals surface area contributed by atoms with Crippen LogP contribution in [0.4, 0.5) is 0 Å². The monoisotopic (exact) mass is 608 g/mol. The van der Waals surface area contributed by atoms with Crippen molar-refractivity contribution in [3.05, 3.63) is 81.1 Å². The van der Waals surface area contributed by atoms with E-state index in [-0.39, 0.29) is 11.8 Å². The number of nitrogens with one attached hydrogen (secondary N) is 2. The lowest BCUT2D eigenvalue weighted by Crippen LogP contribution is -2.50. The molecule has 12 heteroatoms. The second-order valence-corrected chi connectivity index (χ2v) is 11.4. The number of carbonyl (C=O) groups is 2. The summed E-state index contributed by atoms with van der Waals surface area (Å²) in [5, 5.41) is 7.04. The molecule has 10 nitrogen and oxygen atoms in total. The number of amides is 2. The van der Waals surface area contributed by atoms with Gasteiger partial charge in [0, 0.05) is 62.4 Å². The Bertz CT molecular complexity index is 1310. The number of rotatable bonds is 2. The number of guanidine groups is 2. The van der Waals surface area contributed by atoms with E-state index in [2.05, 4.69) is 54.3 Å². The van der Waals surface area contributed by atoms with Crippen LogP contribution in [-0.4, -0.2) is 110 Å². The zero-order valence-electron chi connectivity index (χ0n) is 23.7. The summed E-state index contributed by atoms with van der Waals surface area (Å²) in [4.78, 5) is 41.6. The molecule has 0 atom stereocenters. The van der Waals surface area contributed by atoms with Gasteiger partial charge < -0.3 is 19.6 Å². The second kappa shape index (κ2) is 13.5. The number of halogens is 2. The molecule has 0 bridgehead atoms. The molecule has 2 N–H and O–H groups in total. The molecule has 0 unspecified atom stereocenters. The van der Waals surface area contributed by atoms with Gasteiger partial charge in [-0.2, -0.15) is 0 Å². The number of hydrogen-bond acceptors (Lipinski definition) is 8. The van der Waals surface area contributed by atoms with E-state index in [4.69, 9.17) is 23.2 Å². The third-order valence-corrected chi connectivity index (χ3v) is 7.83. The first-order valence-electron chi connectivity index (χ1n) is 13.8.